The number of benzene rings is 1. The second kappa shape index (κ2) is 6.07. The summed E-state index contributed by atoms with van der Waals surface area (Å²) in [6, 6.07) is 5.11. The predicted molar refractivity (Wildman–Crippen MR) is 78.7 cm³/mol. The first kappa shape index (κ1) is 14.6. The van der Waals surface area contributed by atoms with Gasteiger partial charge in [0.1, 0.15) is 6.04 Å². The zero-order chi connectivity index (χ0) is 14.7. The molecular weight excluding hydrogens is 252 g/mol. The zero-order valence-electron chi connectivity index (χ0n) is 12.4. The lowest BCUT2D eigenvalue weighted by Gasteiger charge is -2.21. The van der Waals surface area contributed by atoms with Gasteiger partial charge in [0, 0.05) is 18.7 Å². The number of amides is 2. The molecule has 1 aromatic rings. The topological polar surface area (TPSA) is 49.4 Å². The quantitative estimate of drug-likeness (QED) is 0.917. The maximum atomic E-state index is 12.2. The molecule has 1 heterocycles. The van der Waals surface area contributed by atoms with E-state index < -0.39 is 6.04 Å². The summed E-state index contributed by atoms with van der Waals surface area (Å²) in [5.74, 6) is -0.173. The van der Waals surface area contributed by atoms with E-state index in [4.69, 9.17) is 0 Å². The zero-order valence-corrected chi connectivity index (χ0v) is 12.4. The summed E-state index contributed by atoms with van der Waals surface area (Å²) in [6.07, 6.45) is 2.12. The van der Waals surface area contributed by atoms with Gasteiger partial charge < -0.3 is 10.2 Å². The lowest BCUT2D eigenvalue weighted by atomic mass is 10.1. The Kier molecular flexibility index (Phi) is 4.42. The fourth-order valence-electron chi connectivity index (χ4n) is 2.44. The smallest absolute Gasteiger partial charge is 0.251 e. The molecular formula is C16H22N2O2. The van der Waals surface area contributed by atoms with E-state index in [9.17, 15) is 9.59 Å². The number of nitrogens with zero attached hydrogens (tertiary/aromatic N) is 1. The number of aryl methyl sites for hydroxylation is 2. The van der Waals surface area contributed by atoms with Gasteiger partial charge in [0.15, 0.2) is 0 Å². The summed E-state index contributed by atoms with van der Waals surface area (Å²) in [4.78, 5) is 26.1. The van der Waals surface area contributed by atoms with Crippen LogP contribution >= 0.6 is 0 Å². The Labute approximate surface area is 120 Å². The van der Waals surface area contributed by atoms with Crippen LogP contribution in [0.4, 0.5) is 0 Å². The largest absolute Gasteiger partial charge is 0.341 e. The molecule has 1 atom stereocenters. The maximum absolute atomic E-state index is 12.2. The predicted octanol–water partition coefficient (Wildman–Crippen LogP) is 2.04. The van der Waals surface area contributed by atoms with Crippen molar-refractivity contribution in [2.45, 2.75) is 39.7 Å². The third kappa shape index (κ3) is 3.18. The molecule has 0 aromatic heterocycles. The Hall–Kier alpha value is -1.84. The van der Waals surface area contributed by atoms with Crippen molar-refractivity contribution in [3.63, 3.8) is 0 Å². The van der Waals surface area contributed by atoms with Gasteiger partial charge in [-0.05, 0) is 56.9 Å². The monoisotopic (exact) mass is 274 g/mol. The van der Waals surface area contributed by atoms with Crippen molar-refractivity contribution in [1.29, 1.82) is 0 Å². The molecule has 1 saturated heterocycles. The van der Waals surface area contributed by atoms with Gasteiger partial charge in [-0.25, -0.2) is 0 Å². The van der Waals surface area contributed by atoms with Crippen molar-refractivity contribution >= 4 is 11.8 Å². The van der Waals surface area contributed by atoms with Crippen LogP contribution in [0.5, 0.6) is 0 Å². The summed E-state index contributed by atoms with van der Waals surface area (Å²) in [6.45, 7) is 7.35. The first-order valence-electron chi connectivity index (χ1n) is 7.16. The van der Waals surface area contributed by atoms with Gasteiger partial charge in [0.2, 0.25) is 5.91 Å². The molecule has 0 saturated carbocycles. The van der Waals surface area contributed by atoms with E-state index in [1.807, 2.05) is 30.9 Å². The standard InChI is InChI=1S/C16H22N2O2/c1-11-6-7-14(10-12(11)2)15(19)17-13(3)16(20)18-8-4-5-9-18/h6-7,10,13H,4-5,8-9H2,1-3H3,(H,17,19)/t13-/m0/s1. The Morgan fingerprint density at radius 3 is 2.40 bits per heavy atom. The number of hydrogen-bond donors (Lipinski definition) is 1. The number of carbonyl (C=O) groups excluding carboxylic acids is 2. The lowest BCUT2D eigenvalue weighted by molar-refractivity contribution is -0.131. The minimum atomic E-state index is -0.470. The first-order chi connectivity index (χ1) is 9.49. The van der Waals surface area contributed by atoms with E-state index in [2.05, 4.69) is 5.32 Å². The normalized spacial score (nSPS) is 16.1. The van der Waals surface area contributed by atoms with E-state index in [0.717, 1.165) is 37.1 Å². The number of nitrogens with one attached hydrogen (secondary N) is 1. The van der Waals surface area contributed by atoms with Gasteiger partial charge in [-0.1, -0.05) is 6.07 Å². The molecule has 4 heteroatoms. The first-order valence-corrected chi connectivity index (χ1v) is 7.16. The van der Waals surface area contributed by atoms with Crippen LogP contribution < -0.4 is 5.32 Å². The van der Waals surface area contributed by atoms with Gasteiger partial charge in [0.05, 0.1) is 0 Å². The van der Waals surface area contributed by atoms with Crippen LogP contribution in [-0.2, 0) is 4.79 Å². The highest BCUT2D eigenvalue weighted by Gasteiger charge is 2.24. The van der Waals surface area contributed by atoms with Crippen LogP contribution in [0.1, 0.15) is 41.3 Å². The number of likely N-dealkylation sites (tertiary alicyclic amines) is 1. The molecule has 0 bridgehead atoms. The highest BCUT2D eigenvalue weighted by molar-refractivity contribution is 5.97. The van der Waals surface area contributed by atoms with Crippen LogP contribution in [-0.4, -0.2) is 35.8 Å². The SMILES string of the molecule is Cc1ccc(C(=O)N[C@@H](C)C(=O)N2CCCC2)cc1C. The minimum Gasteiger partial charge on any atom is -0.341 e. The molecule has 2 rings (SSSR count). The van der Waals surface area contributed by atoms with Gasteiger partial charge in [-0.3, -0.25) is 9.59 Å². The van der Waals surface area contributed by atoms with E-state index in [1.165, 1.54) is 0 Å². The van der Waals surface area contributed by atoms with Gasteiger partial charge in [-0.15, -0.1) is 0 Å². The molecule has 1 aliphatic heterocycles. The summed E-state index contributed by atoms with van der Waals surface area (Å²) in [7, 11) is 0. The average Bonchev–Trinajstić information content (AvgIpc) is 2.94. The second-order valence-corrected chi connectivity index (χ2v) is 5.53. The van der Waals surface area contributed by atoms with Crippen LogP contribution in [0.3, 0.4) is 0 Å². The molecule has 2 amide bonds. The van der Waals surface area contributed by atoms with E-state index >= 15 is 0 Å². The summed E-state index contributed by atoms with van der Waals surface area (Å²) in [5, 5.41) is 2.79. The van der Waals surface area contributed by atoms with Crippen molar-refractivity contribution in [2.75, 3.05) is 13.1 Å². The summed E-state index contributed by atoms with van der Waals surface area (Å²) < 4.78 is 0. The summed E-state index contributed by atoms with van der Waals surface area (Å²) >= 11 is 0. The molecule has 1 aromatic carbocycles. The molecule has 20 heavy (non-hydrogen) atoms. The molecule has 4 nitrogen and oxygen atoms in total. The van der Waals surface area contributed by atoms with Crippen LogP contribution in [0.15, 0.2) is 18.2 Å². The Bertz CT molecular complexity index is 519. The van der Waals surface area contributed by atoms with Gasteiger partial charge >= 0.3 is 0 Å². The Morgan fingerprint density at radius 1 is 1.15 bits per heavy atom. The van der Waals surface area contributed by atoms with E-state index in [-0.39, 0.29) is 11.8 Å². The molecule has 108 valence electrons. The third-order valence-electron chi connectivity index (χ3n) is 3.90. The molecule has 0 radical (unpaired) electrons. The molecule has 1 fully saturated rings. The molecule has 1 aliphatic rings. The highest BCUT2D eigenvalue weighted by Crippen LogP contribution is 2.11. The van der Waals surface area contributed by atoms with Crippen molar-refractivity contribution in [1.82, 2.24) is 10.2 Å². The van der Waals surface area contributed by atoms with Crippen LogP contribution in [0.25, 0.3) is 0 Å². The van der Waals surface area contributed by atoms with Gasteiger partial charge in [0.25, 0.3) is 5.91 Å². The lowest BCUT2D eigenvalue weighted by Crippen LogP contribution is -2.45. The van der Waals surface area contributed by atoms with Crippen molar-refractivity contribution in [3.8, 4) is 0 Å². The number of rotatable bonds is 3. The molecule has 1 N–H and O–H groups in total. The second-order valence-electron chi connectivity index (χ2n) is 5.53. The number of carbonyl (C=O) groups is 2. The molecule has 0 unspecified atom stereocenters. The third-order valence-corrected chi connectivity index (χ3v) is 3.90. The average molecular weight is 274 g/mol. The van der Waals surface area contributed by atoms with Gasteiger partial charge in [-0.2, -0.15) is 0 Å². The maximum Gasteiger partial charge on any atom is 0.251 e. The highest BCUT2D eigenvalue weighted by atomic mass is 16.2. The van der Waals surface area contributed by atoms with Crippen molar-refractivity contribution in [3.05, 3.63) is 34.9 Å². The van der Waals surface area contributed by atoms with Crippen LogP contribution in [0.2, 0.25) is 0 Å². The van der Waals surface area contributed by atoms with Crippen molar-refractivity contribution in [2.24, 2.45) is 0 Å². The fourth-order valence-corrected chi connectivity index (χ4v) is 2.44. The Balaban J connectivity index is 1.99. The molecule has 0 spiro atoms. The summed E-state index contributed by atoms with van der Waals surface area (Å²) in [5.41, 5.74) is 2.84. The minimum absolute atomic E-state index is 0.0136. The van der Waals surface area contributed by atoms with Crippen molar-refractivity contribution < 1.29 is 9.59 Å². The number of hydrogen-bond acceptors (Lipinski definition) is 2. The van der Waals surface area contributed by atoms with Crippen LogP contribution in [0, 0.1) is 13.8 Å². The van der Waals surface area contributed by atoms with E-state index in [0.29, 0.717) is 5.56 Å². The fraction of sp³-hybridized carbons (Fsp3) is 0.500. The Morgan fingerprint density at radius 2 is 1.80 bits per heavy atom. The molecule has 0 aliphatic carbocycles. The van der Waals surface area contributed by atoms with E-state index in [1.54, 1.807) is 13.0 Å².